The van der Waals surface area contributed by atoms with Crippen molar-refractivity contribution >= 4 is 40.8 Å². The molecular formula is C21H24ClN7O3. The molecule has 2 aromatic heterocycles. The first-order valence-corrected chi connectivity index (χ1v) is 10.6. The molecule has 4 rings (SSSR count). The molecule has 0 radical (unpaired) electrons. The van der Waals surface area contributed by atoms with Crippen LogP contribution in [0.2, 0.25) is 5.02 Å². The van der Waals surface area contributed by atoms with E-state index in [0.29, 0.717) is 51.9 Å². The smallest absolute Gasteiger partial charge is 0.407 e. The number of aryl methyl sites for hydroxylation is 1. The quantitative estimate of drug-likeness (QED) is 0.543. The molecule has 3 heterocycles. The highest BCUT2D eigenvalue weighted by atomic mass is 35.5. The summed E-state index contributed by atoms with van der Waals surface area (Å²) in [5, 5.41) is 8.52. The van der Waals surface area contributed by atoms with E-state index in [1.54, 1.807) is 17.9 Å². The van der Waals surface area contributed by atoms with Crippen LogP contribution >= 0.6 is 11.6 Å². The molecule has 10 nitrogen and oxygen atoms in total. The molecule has 11 heteroatoms. The Bertz CT molecular complexity index is 1220. The predicted molar refractivity (Wildman–Crippen MR) is 122 cm³/mol. The molecule has 2 atom stereocenters. The number of carbonyl (C=O) groups is 1. The number of carbonyl (C=O) groups excluding carboxylic acids is 1. The van der Waals surface area contributed by atoms with Crippen molar-refractivity contribution in [2.75, 3.05) is 25.9 Å². The lowest BCUT2D eigenvalue weighted by Crippen LogP contribution is -2.17. The number of halogens is 1. The zero-order chi connectivity index (χ0) is 23.0. The predicted octanol–water partition coefficient (Wildman–Crippen LogP) is 3.21. The molecule has 1 saturated heterocycles. The number of hydrogen-bond acceptors (Lipinski definition) is 8. The number of cyclic esters (lactones) is 1. The largest absolute Gasteiger partial charge is 0.493 e. The number of nitrogens with zero attached hydrogens (tertiary/aromatic N) is 5. The number of hydrogen-bond donors (Lipinski definition) is 2. The normalized spacial score (nSPS) is 17.0. The fourth-order valence-electron chi connectivity index (χ4n) is 4.00. The summed E-state index contributed by atoms with van der Waals surface area (Å²) < 4.78 is 13.4. The van der Waals surface area contributed by atoms with Crippen LogP contribution < -0.4 is 15.8 Å². The minimum atomic E-state index is -0.573. The Morgan fingerprint density at radius 3 is 2.94 bits per heavy atom. The molecular weight excluding hydrogens is 434 g/mol. The maximum atomic E-state index is 11.8. The van der Waals surface area contributed by atoms with Crippen LogP contribution in [0, 0.1) is 6.92 Å². The van der Waals surface area contributed by atoms with Gasteiger partial charge in [-0.1, -0.05) is 11.6 Å². The van der Waals surface area contributed by atoms with Crippen molar-refractivity contribution in [3.8, 4) is 5.75 Å². The minimum Gasteiger partial charge on any atom is -0.493 e. The molecule has 0 saturated carbocycles. The highest BCUT2D eigenvalue weighted by Gasteiger charge is 2.33. The number of alkyl carbamates (subject to hydrolysis) is 1. The summed E-state index contributed by atoms with van der Waals surface area (Å²) in [5.74, 6) is 0.942. The van der Waals surface area contributed by atoms with Gasteiger partial charge in [-0.05, 0) is 26.8 Å². The first-order valence-electron chi connectivity index (χ1n) is 10.2. The molecule has 32 heavy (non-hydrogen) atoms. The maximum Gasteiger partial charge on any atom is 0.407 e. The summed E-state index contributed by atoms with van der Waals surface area (Å²) in [5.41, 5.74) is 9.46. The third-order valence-electron chi connectivity index (χ3n) is 5.40. The topological polar surface area (TPSA) is 130 Å². The fourth-order valence-corrected chi connectivity index (χ4v) is 4.27. The Morgan fingerprint density at radius 1 is 1.50 bits per heavy atom. The van der Waals surface area contributed by atoms with Crippen LogP contribution in [0.15, 0.2) is 17.4 Å². The van der Waals surface area contributed by atoms with E-state index in [1.807, 2.05) is 26.8 Å². The molecule has 0 aliphatic carbocycles. The van der Waals surface area contributed by atoms with E-state index < -0.39 is 12.2 Å². The summed E-state index contributed by atoms with van der Waals surface area (Å²) in [6.45, 7) is 6.41. The fraction of sp³-hybridized carbons (Fsp3) is 0.381. The van der Waals surface area contributed by atoms with Gasteiger partial charge < -0.3 is 20.5 Å². The second-order valence-corrected chi connectivity index (χ2v) is 7.77. The van der Waals surface area contributed by atoms with Gasteiger partial charge in [0, 0.05) is 30.0 Å². The van der Waals surface area contributed by atoms with Crippen LogP contribution in [0.5, 0.6) is 5.75 Å². The summed E-state index contributed by atoms with van der Waals surface area (Å²) in [7, 11) is 1.65. The second kappa shape index (κ2) is 8.62. The second-order valence-electron chi connectivity index (χ2n) is 7.36. The van der Waals surface area contributed by atoms with Gasteiger partial charge in [-0.25, -0.2) is 19.4 Å². The highest BCUT2D eigenvalue weighted by Crippen LogP contribution is 2.42. The molecule has 1 fully saturated rings. The summed E-state index contributed by atoms with van der Waals surface area (Å²) in [4.78, 5) is 24.4. The molecule has 1 amide bonds. The van der Waals surface area contributed by atoms with E-state index in [-0.39, 0.29) is 6.04 Å². The van der Waals surface area contributed by atoms with Gasteiger partial charge in [0.05, 0.1) is 35.3 Å². The summed E-state index contributed by atoms with van der Waals surface area (Å²) >= 11 is 6.70. The van der Waals surface area contributed by atoms with E-state index in [2.05, 4.69) is 25.4 Å². The van der Waals surface area contributed by atoms with Crippen LogP contribution in [0.4, 0.5) is 10.6 Å². The van der Waals surface area contributed by atoms with Crippen LogP contribution in [-0.4, -0.2) is 52.3 Å². The number of ether oxygens (including phenoxy) is 2. The van der Waals surface area contributed by atoms with Crippen molar-refractivity contribution in [3.05, 3.63) is 39.8 Å². The van der Waals surface area contributed by atoms with Crippen LogP contribution in [0.3, 0.4) is 0 Å². The molecule has 3 aromatic rings. The number of nitrogen functional groups attached to an aromatic ring is 1. The number of aliphatic imine (C=N–C) groups is 1. The average Bonchev–Trinajstić information content (AvgIpc) is 3.34. The minimum absolute atomic E-state index is 0.297. The molecule has 1 aliphatic heterocycles. The van der Waals surface area contributed by atoms with Gasteiger partial charge in [0.25, 0.3) is 0 Å². The van der Waals surface area contributed by atoms with E-state index in [4.69, 9.17) is 26.8 Å². The molecule has 168 valence electrons. The van der Waals surface area contributed by atoms with Gasteiger partial charge in [-0.2, -0.15) is 5.10 Å². The highest BCUT2D eigenvalue weighted by molar-refractivity contribution is 6.33. The van der Waals surface area contributed by atoms with Crippen molar-refractivity contribution in [1.29, 1.82) is 0 Å². The standard InChI is InChI=1S/C21H24ClN7O3/c1-5-31-18-12(11(3)29-20-16(10(2)28-29)19(23)26-9-27-20)6-14(22)13(7-24-4)17(18)15-8-25-21(30)32-15/h6-7,9,11,15H,5,8H2,1-4H3,(H,25,30)(H2,23,26,27)/b24-7-. The maximum absolute atomic E-state index is 11.8. The van der Waals surface area contributed by atoms with Crippen molar-refractivity contribution in [2.45, 2.75) is 32.9 Å². The van der Waals surface area contributed by atoms with Gasteiger partial charge in [0.1, 0.15) is 17.9 Å². The lowest BCUT2D eigenvalue weighted by Gasteiger charge is -2.24. The zero-order valence-corrected chi connectivity index (χ0v) is 19.0. The molecule has 0 bridgehead atoms. The van der Waals surface area contributed by atoms with Crippen LogP contribution in [0.1, 0.15) is 48.4 Å². The Hall–Kier alpha value is -3.40. The lowest BCUT2D eigenvalue weighted by molar-refractivity contribution is 0.139. The van der Waals surface area contributed by atoms with Crippen LogP contribution in [0.25, 0.3) is 11.0 Å². The summed E-state index contributed by atoms with van der Waals surface area (Å²) in [6, 6.07) is 1.51. The Labute approximate surface area is 189 Å². The third-order valence-corrected chi connectivity index (χ3v) is 5.71. The van der Waals surface area contributed by atoms with Crippen molar-refractivity contribution in [1.82, 2.24) is 25.1 Å². The first kappa shape index (κ1) is 21.8. The van der Waals surface area contributed by atoms with Gasteiger partial charge in [0.2, 0.25) is 0 Å². The number of benzene rings is 1. The van der Waals surface area contributed by atoms with E-state index in [0.717, 1.165) is 11.3 Å². The number of aromatic nitrogens is 4. The Balaban J connectivity index is 1.96. The van der Waals surface area contributed by atoms with E-state index >= 15 is 0 Å². The van der Waals surface area contributed by atoms with Crippen LogP contribution in [-0.2, 0) is 4.74 Å². The number of nitrogens with two attached hydrogens (primary N) is 1. The number of nitrogens with one attached hydrogen (secondary N) is 1. The molecule has 3 N–H and O–H groups in total. The monoisotopic (exact) mass is 457 g/mol. The molecule has 2 unspecified atom stereocenters. The molecule has 1 aliphatic rings. The van der Waals surface area contributed by atoms with Crippen molar-refractivity contribution < 1.29 is 14.3 Å². The lowest BCUT2D eigenvalue weighted by atomic mass is 9.94. The first-order chi connectivity index (χ1) is 15.4. The van der Waals surface area contributed by atoms with Gasteiger partial charge in [-0.15, -0.1) is 0 Å². The molecule has 1 aromatic carbocycles. The number of fused-ring (bicyclic) bond motifs is 1. The zero-order valence-electron chi connectivity index (χ0n) is 18.2. The third kappa shape index (κ3) is 3.60. The average molecular weight is 458 g/mol. The number of amides is 1. The van der Waals surface area contributed by atoms with Crippen molar-refractivity contribution in [2.24, 2.45) is 4.99 Å². The van der Waals surface area contributed by atoms with Gasteiger partial charge in [0.15, 0.2) is 11.8 Å². The summed E-state index contributed by atoms with van der Waals surface area (Å²) in [6.07, 6.45) is 1.99. The van der Waals surface area contributed by atoms with Crippen molar-refractivity contribution in [3.63, 3.8) is 0 Å². The van der Waals surface area contributed by atoms with Gasteiger partial charge >= 0.3 is 6.09 Å². The SMILES string of the molecule is CCOc1c(C(C)n2nc(C)c3c(N)ncnc32)cc(Cl)c(/C=N\C)c1C1CNC(=O)O1. The van der Waals surface area contributed by atoms with E-state index in [9.17, 15) is 4.79 Å². The van der Waals surface area contributed by atoms with E-state index in [1.165, 1.54) is 6.33 Å². The Kier molecular flexibility index (Phi) is 5.88. The molecule has 0 spiro atoms. The number of anilines is 1. The number of rotatable bonds is 6. The van der Waals surface area contributed by atoms with Gasteiger partial charge in [-0.3, -0.25) is 4.99 Å². The Morgan fingerprint density at radius 2 is 2.28 bits per heavy atom.